The van der Waals surface area contributed by atoms with Gasteiger partial charge < -0.3 is 15.4 Å². The van der Waals surface area contributed by atoms with Crippen LogP contribution in [0.15, 0.2) is 71.6 Å². The highest BCUT2D eigenvalue weighted by atomic mass is 35.5. The van der Waals surface area contributed by atoms with Crippen molar-refractivity contribution < 1.29 is 17.9 Å². The molecular weight excluding hydrogens is 533 g/mol. The monoisotopic (exact) mass is 561 g/mol. The average molecular weight is 563 g/mol. The Morgan fingerprint density at radius 1 is 0.973 bits per heavy atom. The van der Waals surface area contributed by atoms with Crippen molar-refractivity contribution in [1.29, 1.82) is 0 Å². The quantitative estimate of drug-likeness (QED) is 0.260. The molecule has 196 valence electrons. The molecule has 1 aliphatic rings. The zero-order valence-electron chi connectivity index (χ0n) is 20.2. The highest BCUT2D eigenvalue weighted by Gasteiger charge is 2.18. The molecule has 37 heavy (non-hydrogen) atoms. The van der Waals surface area contributed by atoms with Gasteiger partial charge in [0.25, 0.3) is 15.9 Å². The Labute approximate surface area is 227 Å². The summed E-state index contributed by atoms with van der Waals surface area (Å²) in [5, 5.41) is 7.03. The van der Waals surface area contributed by atoms with Crippen LogP contribution in [0.1, 0.15) is 36.0 Å². The first-order valence-corrected chi connectivity index (χ1v) is 14.4. The molecular formula is C27H29Cl2N3O4S. The maximum Gasteiger partial charge on any atom is 0.262 e. The number of hydrogen-bond donors (Lipinski definition) is 3. The Balaban J connectivity index is 1.36. The van der Waals surface area contributed by atoms with E-state index in [-0.39, 0.29) is 22.2 Å². The van der Waals surface area contributed by atoms with Crippen LogP contribution >= 0.6 is 23.2 Å². The van der Waals surface area contributed by atoms with Crippen LogP contribution in [-0.4, -0.2) is 34.0 Å². The number of para-hydroxylation sites is 2. The van der Waals surface area contributed by atoms with Gasteiger partial charge in [-0.3, -0.25) is 9.52 Å². The van der Waals surface area contributed by atoms with Gasteiger partial charge in [-0.25, -0.2) is 8.42 Å². The standard InChI is InChI=1S/C27H29Cl2N3O4S/c28-21-9-12-25(23(29)18-21)36-26-6-2-1-5-24(26)32-37(34,35)22-10-7-20(8-11-22)27(33)31-15-3-4-19-13-16-30-17-14-19/h1-2,5-12,18-19,30,32H,3-4,13-17H2,(H,31,33). The molecule has 1 amide bonds. The lowest BCUT2D eigenvalue weighted by atomic mass is 9.93. The lowest BCUT2D eigenvalue weighted by Crippen LogP contribution is -2.29. The van der Waals surface area contributed by atoms with Gasteiger partial charge in [-0.05, 0) is 99.3 Å². The van der Waals surface area contributed by atoms with Gasteiger partial charge in [0.05, 0.1) is 15.6 Å². The zero-order valence-corrected chi connectivity index (χ0v) is 22.5. The summed E-state index contributed by atoms with van der Waals surface area (Å²) < 4.78 is 34.5. The highest BCUT2D eigenvalue weighted by Crippen LogP contribution is 2.35. The summed E-state index contributed by atoms with van der Waals surface area (Å²) in [5.41, 5.74) is 0.644. The number of rotatable bonds is 10. The molecule has 10 heteroatoms. The Hall–Kier alpha value is -2.78. The highest BCUT2D eigenvalue weighted by molar-refractivity contribution is 7.92. The van der Waals surface area contributed by atoms with Gasteiger partial charge in [0.15, 0.2) is 5.75 Å². The SMILES string of the molecule is O=C(NCCCC1CCNCC1)c1ccc(S(=O)(=O)Nc2ccccc2Oc2ccc(Cl)cc2Cl)cc1. The summed E-state index contributed by atoms with van der Waals surface area (Å²) in [4.78, 5) is 12.5. The fourth-order valence-corrected chi connectivity index (χ4v) is 5.69. The van der Waals surface area contributed by atoms with E-state index in [9.17, 15) is 13.2 Å². The number of anilines is 1. The molecule has 0 aliphatic carbocycles. The maximum absolute atomic E-state index is 13.0. The van der Waals surface area contributed by atoms with Gasteiger partial charge >= 0.3 is 0 Å². The summed E-state index contributed by atoms with van der Waals surface area (Å²) >= 11 is 12.1. The minimum atomic E-state index is -3.94. The molecule has 0 bridgehead atoms. The van der Waals surface area contributed by atoms with Crippen molar-refractivity contribution in [3.63, 3.8) is 0 Å². The molecule has 3 aromatic rings. The van der Waals surface area contributed by atoms with Crippen LogP contribution in [0.4, 0.5) is 5.69 Å². The minimum absolute atomic E-state index is 0.0225. The predicted molar refractivity (Wildman–Crippen MR) is 147 cm³/mol. The molecule has 0 spiro atoms. The molecule has 0 atom stereocenters. The molecule has 1 saturated heterocycles. The zero-order chi connectivity index (χ0) is 26.3. The number of nitrogens with one attached hydrogen (secondary N) is 3. The lowest BCUT2D eigenvalue weighted by Gasteiger charge is -2.22. The van der Waals surface area contributed by atoms with Crippen molar-refractivity contribution in [3.05, 3.63) is 82.3 Å². The van der Waals surface area contributed by atoms with E-state index in [1.54, 1.807) is 36.4 Å². The van der Waals surface area contributed by atoms with Crippen LogP contribution in [0.5, 0.6) is 11.5 Å². The van der Waals surface area contributed by atoms with Gasteiger partial charge in [0, 0.05) is 17.1 Å². The van der Waals surface area contributed by atoms with Crippen molar-refractivity contribution in [2.24, 2.45) is 5.92 Å². The summed E-state index contributed by atoms with van der Waals surface area (Å²) in [6.45, 7) is 2.73. The van der Waals surface area contributed by atoms with E-state index in [1.165, 1.54) is 43.2 Å². The molecule has 1 fully saturated rings. The number of ether oxygens (including phenoxy) is 1. The summed E-state index contributed by atoms with van der Waals surface area (Å²) in [6, 6.07) is 17.2. The van der Waals surface area contributed by atoms with Gasteiger partial charge in [0.2, 0.25) is 0 Å². The summed E-state index contributed by atoms with van der Waals surface area (Å²) in [6.07, 6.45) is 4.39. The Kier molecular flexibility index (Phi) is 9.32. The van der Waals surface area contributed by atoms with Crippen molar-refractivity contribution in [3.8, 4) is 11.5 Å². The fraction of sp³-hybridized carbons (Fsp3) is 0.296. The molecule has 1 heterocycles. The van der Waals surface area contributed by atoms with Crippen LogP contribution in [-0.2, 0) is 10.0 Å². The number of carbonyl (C=O) groups excluding carboxylic acids is 1. The second-order valence-corrected chi connectivity index (χ2v) is 11.4. The Morgan fingerprint density at radius 3 is 2.43 bits per heavy atom. The first-order valence-electron chi connectivity index (χ1n) is 12.2. The molecule has 0 radical (unpaired) electrons. The second-order valence-electron chi connectivity index (χ2n) is 8.89. The van der Waals surface area contributed by atoms with E-state index < -0.39 is 10.0 Å². The smallest absolute Gasteiger partial charge is 0.262 e. The molecule has 3 aromatic carbocycles. The third kappa shape index (κ3) is 7.61. The van der Waals surface area contributed by atoms with E-state index in [4.69, 9.17) is 27.9 Å². The van der Waals surface area contributed by atoms with Crippen molar-refractivity contribution in [2.45, 2.75) is 30.6 Å². The van der Waals surface area contributed by atoms with Crippen LogP contribution in [0, 0.1) is 5.92 Å². The van der Waals surface area contributed by atoms with Crippen LogP contribution in [0.25, 0.3) is 0 Å². The van der Waals surface area contributed by atoms with Crippen LogP contribution in [0.3, 0.4) is 0 Å². The van der Waals surface area contributed by atoms with E-state index >= 15 is 0 Å². The molecule has 4 rings (SSSR count). The van der Waals surface area contributed by atoms with Crippen LogP contribution in [0.2, 0.25) is 10.0 Å². The normalized spacial score (nSPS) is 14.2. The van der Waals surface area contributed by atoms with E-state index in [1.807, 2.05) is 0 Å². The largest absolute Gasteiger partial charge is 0.454 e. The van der Waals surface area contributed by atoms with E-state index in [0.29, 0.717) is 33.8 Å². The number of sulfonamides is 1. The van der Waals surface area contributed by atoms with E-state index in [2.05, 4.69) is 15.4 Å². The van der Waals surface area contributed by atoms with Gasteiger partial charge in [-0.2, -0.15) is 0 Å². The molecule has 0 aromatic heterocycles. The minimum Gasteiger partial charge on any atom is -0.454 e. The number of benzene rings is 3. The number of halogens is 2. The third-order valence-corrected chi connectivity index (χ3v) is 8.12. The number of amides is 1. The first kappa shape index (κ1) is 27.3. The average Bonchev–Trinajstić information content (AvgIpc) is 2.90. The molecule has 7 nitrogen and oxygen atoms in total. The summed E-state index contributed by atoms with van der Waals surface area (Å²) in [7, 11) is -3.94. The lowest BCUT2D eigenvalue weighted by molar-refractivity contribution is 0.0952. The maximum atomic E-state index is 13.0. The Bertz CT molecular complexity index is 1330. The Morgan fingerprint density at radius 2 is 1.70 bits per heavy atom. The first-order chi connectivity index (χ1) is 17.8. The number of carbonyl (C=O) groups is 1. The topological polar surface area (TPSA) is 96.5 Å². The predicted octanol–water partition coefficient (Wildman–Crippen LogP) is 6.10. The van der Waals surface area contributed by atoms with Crippen molar-refractivity contribution >= 4 is 44.8 Å². The molecule has 1 aliphatic heterocycles. The second kappa shape index (κ2) is 12.6. The van der Waals surface area contributed by atoms with Gasteiger partial charge in [-0.15, -0.1) is 0 Å². The van der Waals surface area contributed by atoms with Gasteiger partial charge in [0.1, 0.15) is 5.75 Å². The fourth-order valence-electron chi connectivity index (χ4n) is 4.17. The third-order valence-electron chi connectivity index (χ3n) is 6.21. The number of piperidine rings is 1. The molecule has 0 unspecified atom stereocenters. The molecule has 3 N–H and O–H groups in total. The number of hydrogen-bond acceptors (Lipinski definition) is 5. The van der Waals surface area contributed by atoms with Crippen LogP contribution < -0.4 is 20.1 Å². The summed E-state index contributed by atoms with van der Waals surface area (Å²) in [5.74, 6) is 1.11. The van der Waals surface area contributed by atoms with E-state index in [0.717, 1.165) is 25.9 Å². The van der Waals surface area contributed by atoms with Crippen molar-refractivity contribution in [2.75, 3.05) is 24.4 Å². The molecule has 0 saturated carbocycles. The van der Waals surface area contributed by atoms with Crippen molar-refractivity contribution in [1.82, 2.24) is 10.6 Å². The van der Waals surface area contributed by atoms with Gasteiger partial charge in [-0.1, -0.05) is 35.3 Å².